The summed E-state index contributed by atoms with van der Waals surface area (Å²) in [4.78, 5) is 40.2. The Hall–Kier alpha value is -3.26. The van der Waals surface area contributed by atoms with Crippen LogP contribution in [0.1, 0.15) is 39.1 Å². The van der Waals surface area contributed by atoms with Crippen molar-refractivity contribution in [2.75, 3.05) is 33.4 Å². The lowest BCUT2D eigenvalue weighted by Gasteiger charge is -2.36. The zero-order valence-electron chi connectivity index (χ0n) is 19.0. The van der Waals surface area contributed by atoms with Gasteiger partial charge in [0, 0.05) is 37.9 Å². The number of amides is 3. The highest BCUT2D eigenvalue weighted by Gasteiger charge is 2.34. The molecule has 2 aromatic carbocycles. The van der Waals surface area contributed by atoms with Crippen LogP contribution in [0.15, 0.2) is 48.5 Å². The van der Waals surface area contributed by atoms with E-state index in [2.05, 4.69) is 10.6 Å². The van der Waals surface area contributed by atoms with Crippen molar-refractivity contribution in [1.82, 2.24) is 15.5 Å². The summed E-state index contributed by atoms with van der Waals surface area (Å²) in [6.07, 6.45) is 1.12. The first kappa shape index (κ1) is 24.4. The van der Waals surface area contributed by atoms with Gasteiger partial charge in [0.15, 0.2) is 0 Å². The lowest BCUT2D eigenvalue weighted by atomic mass is 9.88. The molecule has 0 radical (unpaired) electrons. The fourth-order valence-corrected chi connectivity index (χ4v) is 3.92. The highest BCUT2D eigenvalue weighted by Crippen LogP contribution is 2.23. The van der Waals surface area contributed by atoms with Crippen LogP contribution in [-0.4, -0.2) is 62.0 Å². The van der Waals surface area contributed by atoms with E-state index in [0.717, 1.165) is 5.56 Å². The number of rotatable bonds is 8. The summed E-state index contributed by atoms with van der Waals surface area (Å²) < 4.78 is 18.2. The van der Waals surface area contributed by atoms with Crippen LogP contribution in [0.5, 0.6) is 0 Å². The first-order chi connectivity index (χ1) is 15.9. The Morgan fingerprint density at radius 1 is 1.03 bits per heavy atom. The van der Waals surface area contributed by atoms with Crippen molar-refractivity contribution < 1.29 is 23.5 Å². The number of hydrogen-bond acceptors (Lipinski definition) is 4. The quantitative estimate of drug-likeness (QED) is 0.599. The molecule has 1 fully saturated rings. The molecule has 7 nitrogen and oxygen atoms in total. The maximum atomic E-state index is 13.2. The Bertz CT molecular complexity index is 955. The Labute approximate surface area is 193 Å². The number of ether oxygens (including phenoxy) is 1. The second-order valence-corrected chi connectivity index (χ2v) is 8.24. The third-order valence-corrected chi connectivity index (χ3v) is 5.88. The van der Waals surface area contributed by atoms with Crippen LogP contribution in [0.3, 0.4) is 0 Å². The monoisotopic (exact) mass is 455 g/mol. The number of benzene rings is 2. The van der Waals surface area contributed by atoms with E-state index in [1.54, 1.807) is 24.1 Å². The first-order valence-corrected chi connectivity index (χ1v) is 11.1. The Morgan fingerprint density at radius 3 is 2.24 bits per heavy atom. The van der Waals surface area contributed by atoms with E-state index in [0.29, 0.717) is 50.2 Å². The molecule has 1 atom stereocenters. The molecular formula is C25H30FN3O4. The van der Waals surface area contributed by atoms with E-state index in [-0.39, 0.29) is 23.6 Å². The van der Waals surface area contributed by atoms with Crippen LogP contribution in [-0.2, 0) is 9.53 Å². The van der Waals surface area contributed by atoms with E-state index < -0.39 is 11.9 Å². The minimum atomic E-state index is -0.723. The fourth-order valence-electron chi connectivity index (χ4n) is 3.92. The number of methoxy groups -OCH3 is 1. The standard InChI is InChI=1S/C25H30FN3O4/c1-17-3-5-19(6-4-17)23(30)28-22(24(31)27-13-16-33-2)18-11-14-29(15-12-18)25(32)20-7-9-21(26)10-8-20/h3-10,18,22H,11-16H2,1-2H3,(H,27,31)(H,28,30)/t22-/m0/s1. The maximum Gasteiger partial charge on any atom is 0.253 e. The lowest BCUT2D eigenvalue weighted by Crippen LogP contribution is -2.54. The van der Waals surface area contributed by atoms with Gasteiger partial charge < -0.3 is 20.3 Å². The summed E-state index contributed by atoms with van der Waals surface area (Å²) >= 11 is 0. The van der Waals surface area contributed by atoms with Gasteiger partial charge in [0.25, 0.3) is 11.8 Å². The van der Waals surface area contributed by atoms with Crippen LogP contribution in [0, 0.1) is 18.7 Å². The van der Waals surface area contributed by atoms with Crippen molar-refractivity contribution in [2.45, 2.75) is 25.8 Å². The summed E-state index contributed by atoms with van der Waals surface area (Å²) in [5.41, 5.74) is 1.95. The number of aryl methyl sites for hydroxylation is 1. The lowest BCUT2D eigenvalue weighted by molar-refractivity contribution is -0.124. The molecular weight excluding hydrogens is 425 g/mol. The van der Waals surface area contributed by atoms with Crippen molar-refractivity contribution in [2.24, 2.45) is 5.92 Å². The molecule has 3 amide bonds. The molecule has 1 saturated heterocycles. The van der Waals surface area contributed by atoms with Gasteiger partial charge in [0.1, 0.15) is 11.9 Å². The molecule has 2 N–H and O–H groups in total. The summed E-state index contributed by atoms with van der Waals surface area (Å²) in [7, 11) is 1.55. The van der Waals surface area contributed by atoms with Crippen LogP contribution in [0.2, 0.25) is 0 Å². The van der Waals surface area contributed by atoms with Gasteiger partial charge in [0.2, 0.25) is 5.91 Å². The van der Waals surface area contributed by atoms with E-state index in [1.807, 2.05) is 19.1 Å². The van der Waals surface area contributed by atoms with Crippen LogP contribution in [0.25, 0.3) is 0 Å². The van der Waals surface area contributed by atoms with Crippen LogP contribution < -0.4 is 10.6 Å². The van der Waals surface area contributed by atoms with Gasteiger partial charge in [-0.3, -0.25) is 14.4 Å². The molecule has 2 aromatic rings. The molecule has 1 aliphatic heterocycles. The summed E-state index contributed by atoms with van der Waals surface area (Å²) in [6.45, 7) is 3.55. The second-order valence-electron chi connectivity index (χ2n) is 8.24. The van der Waals surface area contributed by atoms with E-state index >= 15 is 0 Å². The smallest absolute Gasteiger partial charge is 0.253 e. The molecule has 1 heterocycles. The molecule has 1 aliphatic rings. The Morgan fingerprint density at radius 2 is 1.64 bits per heavy atom. The number of piperidine rings is 1. The molecule has 0 saturated carbocycles. The summed E-state index contributed by atoms with van der Waals surface area (Å²) in [5, 5.41) is 5.71. The Kier molecular flexibility index (Phi) is 8.54. The molecule has 176 valence electrons. The molecule has 0 spiro atoms. The number of carbonyl (C=O) groups is 3. The van der Waals surface area contributed by atoms with Gasteiger partial charge in [-0.2, -0.15) is 0 Å². The SMILES string of the molecule is COCCNC(=O)[C@@H](NC(=O)c1ccc(C)cc1)C1CCN(C(=O)c2ccc(F)cc2)CC1. The molecule has 0 aliphatic carbocycles. The van der Waals surface area contributed by atoms with E-state index in [9.17, 15) is 18.8 Å². The third-order valence-electron chi connectivity index (χ3n) is 5.88. The van der Waals surface area contributed by atoms with Gasteiger partial charge >= 0.3 is 0 Å². The number of nitrogens with zero attached hydrogens (tertiary/aromatic N) is 1. The summed E-state index contributed by atoms with van der Waals surface area (Å²) in [6, 6.07) is 11.9. The van der Waals surface area contributed by atoms with E-state index in [1.165, 1.54) is 24.3 Å². The van der Waals surface area contributed by atoms with Crippen molar-refractivity contribution in [1.29, 1.82) is 0 Å². The minimum Gasteiger partial charge on any atom is -0.383 e. The molecule has 33 heavy (non-hydrogen) atoms. The largest absolute Gasteiger partial charge is 0.383 e. The molecule has 0 bridgehead atoms. The number of hydrogen-bond donors (Lipinski definition) is 2. The Balaban J connectivity index is 1.66. The number of likely N-dealkylation sites (tertiary alicyclic amines) is 1. The molecule has 0 aromatic heterocycles. The van der Waals surface area contributed by atoms with Crippen molar-refractivity contribution in [3.8, 4) is 0 Å². The number of halogens is 1. The van der Waals surface area contributed by atoms with Gasteiger partial charge in [-0.25, -0.2) is 4.39 Å². The van der Waals surface area contributed by atoms with Gasteiger partial charge in [0.05, 0.1) is 6.61 Å². The van der Waals surface area contributed by atoms with Crippen LogP contribution in [0.4, 0.5) is 4.39 Å². The van der Waals surface area contributed by atoms with Crippen molar-refractivity contribution in [3.63, 3.8) is 0 Å². The van der Waals surface area contributed by atoms with Crippen molar-refractivity contribution >= 4 is 17.7 Å². The maximum absolute atomic E-state index is 13.2. The minimum absolute atomic E-state index is 0.126. The normalized spacial score (nSPS) is 15.1. The molecule has 3 rings (SSSR count). The zero-order chi connectivity index (χ0) is 23.8. The molecule has 8 heteroatoms. The highest BCUT2D eigenvalue weighted by molar-refractivity contribution is 5.97. The van der Waals surface area contributed by atoms with Crippen LogP contribution >= 0.6 is 0 Å². The molecule has 0 unspecified atom stereocenters. The first-order valence-electron chi connectivity index (χ1n) is 11.1. The van der Waals surface area contributed by atoms with Gasteiger partial charge in [-0.1, -0.05) is 17.7 Å². The highest BCUT2D eigenvalue weighted by atomic mass is 19.1. The third kappa shape index (κ3) is 6.61. The van der Waals surface area contributed by atoms with Gasteiger partial charge in [-0.05, 0) is 62.1 Å². The topological polar surface area (TPSA) is 87.7 Å². The number of nitrogens with one attached hydrogen (secondary N) is 2. The zero-order valence-corrected chi connectivity index (χ0v) is 19.0. The van der Waals surface area contributed by atoms with Gasteiger partial charge in [-0.15, -0.1) is 0 Å². The predicted octanol–water partition coefficient (Wildman–Crippen LogP) is 2.55. The second kappa shape index (κ2) is 11.6. The average molecular weight is 456 g/mol. The average Bonchev–Trinajstić information content (AvgIpc) is 2.83. The van der Waals surface area contributed by atoms with E-state index in [4.69, 9.17) is 4.74 Å². The fraction of sp³-hybridized carbons (Fsp3) is 0.400. The van der Waals surface area contributed by atoms with Crippen molar-refractivity contribution in [3.05, 3.63) is 71.0 Å². The predicted molar refractivity (Wildman–Crippen MR) is 122 cm³/mol. The number of carbonyl (C=O) groups excluding carboxylic acids is 3. The summed E-state index contributed by atoms with van der Waals surface area (Å²) in [5.74, 6) is -1.27.